The summed E-state index contributed by atoms with van der Waals surface area (Å²) in [6, 6.07) is 9.87. The van der Waals surface area contributed by atoms with E-state index in [1.54, 1.807) is 6.20 Å². The third-order valence-corrected chi connectivity index (χ3v) is 2.99. The molecule has 0 aliphatic carbocycles. The van der Waals surface area contributed by atoms with Gasteiger partial charge in [0.15, 0.2) is 0 Å². The molecule has 0 radical (unpaired) electrons. The normalized spacial score (nSPS) is 10.9. The zero-order chi connectivity index (χ0) is 15.1. The largest absolute Gasteiger partial charge is 0.486 e. The molecule has 4 nitrogen and oxygen atoms in total. The van der Waals surface area contributed by atoms with Gasteiger partial charge in [0.2, 0.25) is 0 Å². The van der Waals surface area contributed by atoms with Crippen molar-refractivity contribution >= 4 is 0 Å². The van der Waals surface area contributed by atoms with Crippen molar-refractivity contribution < 1.29 is 4.74 Å². The van der Waals surface area contributed by atoms with E-state index < -0.39 is 0 Å². The van der Waals surface area contributed by atoms with E-state index in [0.29, 0.717) is 12.5 Å². The van der Waals surface area contributed by atoms with Crippen molar-refractivity contribution in [3.05, 3.63) is 53.6 Å². The monoisotopic (exact) mass is 285 g/mol. The number of nitrogens with one attached hydrogen (secondary N) is 1. The first-order valence-electron chi connectivity index (χ1n) is 7.34. The molecule has 0 aliphatic rings. The Morgan fingerprint density at radius 1 is 1.14 bits per heavy atom. The molecule has 112 valence electrons. The topological polar surface area (TPSA) is 47.0 Å². The minimum absolute atomic E-state index is 0.467. The molecular formula is C17H23N3O. The SMILES string of the molecule is Cc1cccc(COc2ccc(CNCC(C)C)nc2)n1. The van der Waals surface area contributed by atoms with Crippen LogP contribution in [0, 0.1) is 12.8 Å². The van der Waals surface area contributed by atoms with Crippen LogP contribution in [0.2, 0.25) is 0 Å². The van der Waals surface area contributed by atoms with Gasteiger partial charge in [0.05, 0.1) is 17.6 Å². The highest BCUT2D eigenvalue weighted by Gasteiger charge is 2.00. The summed E-state index contributed by atoms with van der Waals surface area (Å²) in [5, 5.41) is 3.37. The second-order valence-corrected chi connectivity index (χ2v) is 5.57. The first-order valence-corrected chi connectivity index (χ1v) is 7.34. The number of nitrogens with zero attached hydrogens (tertiary/aromatic N) is 2. The van der Waals surface area contributed by atoms with Gasteiger partial charge < -0.3 is 10.1 Å². The smallest absolute Gasteiger partial charge is 0.138 e. The van der Waals surface area contributed by atoms with Crippen LogP contribution in [0.25, 0.3) is 0 Å². The molecule has 0 fully saturated rings. The van der Waals surface area contributed by atoms with Crippen LogP contribution in [0.3, 0.4) is 0 Å². The third kappa shape index (κ3) is 5.52. The quantitative estimate of drug-likeness (QED) is 0.849. The summed E-state index contributed by atoms with van der Waals surface area (Å²) in [5.74, 6) is 1.42. The van der Waals surface area contributed by atoms with E-state index in [1.165, 1.54) is 0 Å². The summed E-state index contributed by atoms with van der Waals surface area (Å²) in [5.41, 5.74) is 2.95. The van der Waals surface area contributed by atoms with Gasteiger partial charge in [-0.3, -0.25) is 9.97 Å². The molecule has 1 N–H and O–H groups in total. The summed E-state index contributed by atoms with van der Waals surface area (Å²) in [6.07, 6.45) is 1.77. The van der Waals surface area contributed by atoms with E-state index in [-0.39, 0.29) is 0 Å². The average molecular weight is 285 g/mol. The summed E-state index contributed by atoms with van der Waals surface area (Å²) >= 11 is 0. The van der Waals surface area contributed by atoms with Crippen molar-refractivity contribution in [2.75, 3.05) is 6.54 Å². The second-order valence-electron chi connectivity index (χ2n) is 5.57. The lowest BCUT2D eigenvalue weighted by molar-refractivity contribution is 0.299. The molecule has 0 atom stereocenters. The molecule has 2 aromatic rings. The van der Waals surface area contributed by atoms with E-state index >= 15 is 0 Å². The highest BCUT2D eigenvalue weighted by Crippen LogP contribution is 2.11. The van der Waals surface area contributed by atoms with Gasteiger partial charge in [0.1, 0.15) is 12.4 Å². The summed E-state index contributed by atoms with van der Waals surface area (Å²) < 4.78 is 5.70. The lowest BCUT2D eigenvalue weighted by Crippen LogP contribution is -2.19. The Bertz CT molecular complexity index is 552. The van der Waals surface area contributed by atoms with Crippen LogP contribution in [0.15, 0.2) is 36.5 Å². The lowest BCUT2D eigenvalue weighted by Gasteiger charge is -2.08. The molecule has 21 heavy (non-hydrogen) atoms. The van der Waals surface area contributed by atoms with Gasteiger partial charge in [-0.25, -0.2) is 0 Å². The van der Waals surface area contributed by atoms with Crippen LogP contribution in [-0.2, 0) is 13.2 Å². The summed E-state index contributed by atoms with van der Waals surface area (Å²) in [4.78, 5) is 8.80. The van der Waals surface area contributed by atoms with E-state index in [4.69, 9.17) is 4.74 Å². The zero-order valence-electron chi connectivity index (χ0n) is 13.0. The highest BCUT2D eigenvalue weighted by molar-refractivity contribution is 5.20. The Labute approximate surface area is 126 Å². The Hall–Kier alpha value is -1.94. The maximum atomic E-state index is 5.70. The van der Waals surface area contributed by atoms with Crippen LogP contribution < -0.4 is 10.1 Å². The van der Waals surface area contributed by atoms with Crippen molar-refractivity contribution in [1.29, 1.82) is 0 Å². The molecule has 0 aliphatic heterocycles. The lowest BCUT2D eigenvalue weighted by atomic mass is 10.2. The number of hydrogen-bond donors (Lipinski definition) is 1. The van der Waals surface area contributed by atoms with Crippen molar-refractivity contribution in [3.63, 3.8) is 0 Å². The minimum atomic E-state index is 0.467. The van der Waals surface area contributed by atoms with Gasteiger partial charge in [-0.15, -0.1) is 0 Å². The number of aryl methyl sites for hydroxylation is 1. The van der Waals surface area contributed by atoms with E-state index in [9.17, 15) is 0 Å². The van der Waals surface area contributed by atoms with Crippen molar-refractivity contribution in [3.8, 4) is 5.75 Å². The van der Waals surface area contributed by atoms with Gasteiger partial charge in [-0.05, 0) is 43.7 Å². The number of ether oxygens (including phenoxy) is 1. The molecule has 0 aromatic carbocycles. The average Bonchev–Trinajstić information content (AvgIpc) is 2.46. The van der Waals surface area contributed by atoms with Gasteiger partial charge in [0.25, 0.3) is 0 Å². The molecule has 0 saturated carbocycles. The maximum Gasteiger partial charge on any atom is 0.138 e. The van der Waals surface area contributed by atoms with Crippen LogP contribution >= 0.6 is 0 Å². The molecule has 4 heteroatoms. The van der Waals surface area contributed by atoms with E-state index in [0.717, 1.165) is 35.9 Å². The molecule has 0 saturated heterocycles. The summed E-state index contributed by atoms with van der Waals surface area (Å²) in [6.45, 7) is 8.61. The Morgan fingerprint density at radius 2 is 2.00 bits per heavy atom. The van der Waals surface area contributed by atoms with Gasteiger partial charge >= 0.3 is 0 Å². The van der Waals surface area contributed by atoms with Gasteiger partial charge in [-0.2, -0.15) is 0 Å². The first kappa shape index (κ1) is 15.4. The minimum Gasteiger partial charge on any atom is -0.486 e. The fourth-order valence-corrected chi connectivity index (χ4v) is 1.93. The van der Waals surface area contributed by atoms with Crippen LogP contribution in [-0.4, -0.2) is 16.5 Å². The second kappa shape index (κ2) is 7.74. The molecular weight excluding hydrogens is 262 g/mol. The fourth-order valence-electron chi connectivity index (χ4n) is 1.93. The van der Waals surface area contributed by atoms with Crippen molar-refractivity contribution in [1.82, 2.24) is 15.3 Å². The van der Waals surface area contributed by atoms with Gasteiger partial charge in [0, 0.05) is 12.2 Å². The zero-order valence-corrected chi connectivity index (χ0v) is 13.0. The molecule has 2 rings (SSSR count). The highest BCUT2D eigenvalue weighted by atomic mass is 16.5. The fraction of sp³-hybridized carbons (Fsp3) is 0.412. The first-order chi connectivity index (χ1) is 10.1. The summed E-state index contributed by atoms with van der Waals surface area (Å²) in [7, 11) is 0. The maximum absolute atomic E-state index is 5.70. The van der Waals surface area contributed by atoms with Crippen LogP contribution in [0.4, 0.5) is 0 Å². The Morgan fingerprint density at radius 3 is 2.67 bits per heavy atom. The standard InChI is InChI=1S/C17H23N3O/c1-13(2)9-18-10-15-7-8-17(11-19-15)21-12-16-6-4-5-14(3)20-16/h4-8,11,13,18H,9-10,12H2,1-3H3. The predicted octanol–water partition coefficient (Wildman–Crippen LogP) is 3.11. The number of hydrogen-bond acceptors (Lipinski definition) is 4. The molecule has 0 spiro atoms. The molecule has 0 amide bonds. The predicted molar refractivity (Wildman–Crippen MR) is 84.1 cm³/mol. The molecule has 0 bridgehead atoms. The number of aromatic nitrogens is 2. The number of pyridine rings is 2. The van der Waals surface area contributed by atoms with Crippen molar-refractivity contribution in [2.45, 2.75) is 33.9 Å². The van der Waals surface area contributed by atoms with Gasteiger partial charge in [-0.1, -0.05) is 19.9 Å². The van der Waals surface area contributed by atoms with E-state index in [1.807, 2.05) is 37.3 Å². The Kier molecular flexibility index (Phi) is 5.69. The number of rotatable bonds is 7. The third-order valence-electron chi connectivity index (χ3n) is 2.99. The van der Waals surface area contributed by atoms with Crippen LogP contribution in [0.5, 0.6) is 5.75 Å². The molecule has 2 heterocycles. The Balaban J connectivity index is 1.82. The van der Waals surface area contributed by atoms with Crippen molar-refractivity contribution in [2.24, 2.45) is 5.92 Å². The molecule has 0 unspecified atom stereocenters. The van der Waals surface area contributed by atoms with E-state index in [2.05, 4.69) is 29.1 Å². The van der Waals surface area contributed by atoms with Crippen LogP contribution in [0.1, 0.15) is 30.9 Å². The molecule has 2 aromatic heterocycles.